The number of carbonyl (C=O) groups is 1. The second kappa shape index (κ2) is 5.54. The largest absolute Gasteiger partial charge is 0.494 e. The third kappa shape index (κ3) is 3.57. The van der Waals surface area contributed by atoms with Gasteiger partial charge in [0.15, 0.2) is 0 Å². The molecular weight excluding hydrogens is 204 g/mol. The molecule has 1 aromatic rings. The third-order valence-electron chi connectivity index (χ3n) is 2.72. The summed E-state index contributed by atoms with van der Waals surface area (Å²) in [6.07, 6.45) is 0.530. The van der Waals surface area contributed by atoms with Crippen molar-refractivity contribution in [3.63, 3.8) is 0 Å². The van der Waals surface area contributed by atoms with Gasteiger partial charge in [-0.1, -0.05) is 13.0 Å². The molecule has 0 aliphatic heterocycles. The molecule has 0 radical (unpaired) electrons. The van der Waals surface area contributed by atoms with Gasteiger partial charge in [-0.05, 0) is 43.5 Å². The van der Waals surface area contributed by atoms with Crippen LogP contribution in [-0.2, 0) is 4.79 Å². The molecule has 0 aliphatic rings. The quantitative estimate of drug-likeness (QED) is 0.833. The van der Waals surface area contributed by atoms with Gasteiger partial charge >= 0.3 is 5.97 Å². The molecule has 0 aromatic heterocycles. The number of ether oxygens (including phenoxy) is 1. The molecular formula is C13H18O3. The highest BCUT2D eigenvalue weighted by Gasteiger charge is 2.10. The summed E-state index contributed by atoms with van der Waals surface area (Å²) >= 11 is 0. The molecule has 0 aliphatic carbocycles. The van der Waals surface area contributed by atoms with Gasteiger partial charge in [0.2, 0.25) is 0 Å². The molecule has 0 saturated heterocycles. The van der Waals surface area contributed by atoms with Crippen LogP contribution in [0.5, 0.6) is 5.75 Å². The van der Waals surface area contributed by atoms with E-state index in [0.29, 0.717) is 13.0 Å². The van der Waals surface area contributed by atoms with Crippen LogP contribution in [0.3, 0.4) is 0 Å². The van der Waals surface area contributed by atoms with Gasteiger partial charge in [-0.2, -0.15) is 0 Å². The van der Waals surface area contributed by atoms with Crippen LogP contribution in [-0.4, -0.2) is 17.7 Å². The number of rotatable bonds is 5. The van der Waals surface area contributed by atoms with Gasteiger partial charge in [0, 0.05) is 0 Å². The van der Waals surface area contributed by atoms with Gasteiger partial charge in [-0.3, -0.25) is 4.79 Å². The van der Waals surface area contributed by atoms with Crippen LogP contribution >= 0.6 is 0 Å². The van der Waals surface area contributed by atoms with Crippen LogP contribution in [0.15, 0.2) is 18.2 Å². The molecule has 16 heavy (non-hydrogen) atoms. The van der Waals surface area contributed by atoms with Gasteiger partial charge < -0.3 is 9.84 Å². The van der Waals surface area contributed by atoms with Crippen LogP contribution < -0.4 is 4.74 Å². The maximum atomic E-state index is 10.6. The predicted octanol–water partition coefficient (Wildman–Crippen LogP) is 2.79. The normalized spacial score (nSPS) is 12.2. The molecule has 1 unspecified atom stereocenters. The smallest absolute Gasteiger partial charge is 0.306 e. The topological polar surface area (TPSA) is 46.5 Å². The molecule has 3 heteroatoms. The molecule has 0 saturated carbocycles. The molecule has 0 heterocycles. The number of carboxylic acid groups (broad SMARTS) is 1. The lowest BCUT2D eigenvalue weighted by molar-refractivity contribution is -0.141. The Kier molecular flexibility index (Phi) is 4.35. The number of hydrogen-bond acceptors (Lipinski definition) is 2. The van der Waals surface area contributed by atoms with E-state index in [-0.39, 0.29) is 5.92 Å². The van der Waals surface area contributed by atoms with E-state index in [2.05, 4.69) is 0 Å². The first kappa shape index (κ1) is 12.6. The lowest BCUT2D eigenvalue weighted by atomic mass is 10.1. The first-order chi connectivity index (χ1) is 7.50. The summed E-state index contributed by atoms with van der Waals surface area (Å²) in [5.41, 5.74) is 2.41. The average Bonchev–Trinajstić information content (AvgIpc) is 2.23. The van der Waals surface area contributed by atoms with Crippen molar-refractivity contribution in [1.82, 2.24) is 0 Å². The van der Waals surface area contributed by atoms with Crippen LogP contribution in [0, 0.1) is 19.8 Å². The van der Waals surface area contributed by atoms with Crippen molar-refractivity contribution in [1.29, 1.82) is 0 Å². The summed E-state index contributed by atoms with van der Waals surface area (Å²) in [5, 5.41) is 8.70. The Bertz CT molecular complexity index is 371. The van der Waals surface area contributed by atoms with Gasteiger partial charge in [-0.15, -0.1) is 0 Å². The van der Waals surface area contributed by atoms with Crippen LogP contribution in [0.2, 0.25) is 0 Å². The highest BCUT2D eigenvalue weighted by molar-refractivity contribution is 5.69. The second-order valence-electron chi connectivity index (χ2n) is 4.12. The van der Waals surface area contributed by atoms with Crippen LogP contribution in [0.4, 0.5) is 0 Å². The second-order valence-corrected chi connectivity index (χ2v) is 4.12. The number of aryl methyl sites for hydroxylation is 2. The van der Waals surface area contributed by atoms with E-state index in [1.807, 2.05) is 32.0 Å². The Morgan fingerprint density at radius 1 is 1.38 bits per heavy atom. The fourth-order valence-electron chi connectivity index (χ4n) is 1.28. The third-order valence-corrected chi connectivity index (χ3v) is 2.72. The first-order valence-corrected chi connectivity index (χ1v) is 5.43. The molecule has 1 rings (SSSR count). The van der Waals surface area contributed by atoms with E-state index < -0.39 is 5.97 Å². The molecule has 0 bridgehead atoms. The number of hydrogen-bond donors (Lipinski definition) is 1. The molecule has 0 spiro atoms. The summed E-state index contributed by atoms with van der Waals surface area (Å²) in [4.78, 5) is 10.6. The van der Waals surface area contributed by atoms with Crippen molar-refractivity contribution in [2.45, 2.75) is 27.2 Å². The molecule has 1 N–H and O–H groups in total. The molecule has 1 aromatic carbocycles. The standard InChI is InChI=1S/C13H18O3/c1-9-4-5-12(8-11(9)3)16-7-6-10(2)13(14)15/h4-5,8,10H,6-7H2,1-3H3,(H,14,15). The van der Waals surface area contributed by atoms with Crippen molar-refractivity contribution in [2.24, 2.45) is 5.92 Å². The minimum absolute atomic E-state index is 0.355. The lowest BCUT2D eigenvalue weighted by Gasteiger charge is -2.10. The molecule has 0 amide bonds. The van der Waals surface area contributed by atoms with E-state index in [1.54, 1.807) is 6.92 Å². The molecule has 88 valence electrons. The average molecular weight is 222 g/mol. The first-order valence-electron chi connectivity index (χ1n) is 5.43. The van der Waals surface area contributed by atoms with Gasteiger partial charge in [0.05, 0.1) is 12.5 Å². The molecule has 0 fully saturated rings. The van der Waals surface area contributed by atoms with Gasteiger partial charge in [0.1, 0.15) is 5.75 Å². The van der Waals surface area contributed by atoms with E-state index in [9.17, 15) is 4.79 Å². The Hall–Kier alpha value is -1.51. The fourth-order valence-corrected chi connectivity index (χ4v) is 1.28. The summed E-state index contributed by atoms with van der Waals surface area (Å²) in [5.74, 6) is -0.323. The Morgan fingerprint density at radius 2 is 2.06 bits per heavy atom. The minimum Gasteiger partial charge on any atom is -0.494 e. The van der Waals surface area contributed by atoms with E-state index in [0.717, 1.165) is 5.75 Å². The van der Waals surface area contributed by atoms with E-state index in [1.165, 1.54) is 11.1 Å². The van der Waals surface area contributed by atoms with Crippen molar-refractivity contribution in [3.8, 4) is 5.75 Å². The van der Waals surface area contributed by atoms with E-state index >= 15 is 0 Å². The summed E-state index contributed by atoms with van der Waals surface area (Å²) in [6, 6.07) is 5.89. The minimum atomic E-state index is -0.774. The summed E-state index contributed by atoms with van der Waals surface area (Å²) in [6.45, 7) is 6.20. The highest BCUT2D eigenvalue weighted by Crippen LogP contribution is 2.17. The summed E-state index contributed by atoms with van der Waals surface area (Å²) < 4.78 is 5.50. The van der Waals surface area contributed by atoms with Crippen LogP contribution in [0.25, 0.3) is 0 Å². The van der Waals surface area contributed by atoms with Gasteiger partial charge in [-0.25, -0.2) is 0 Å². The maximum absolute atomic E-state index is 10.6. The van der Waals surface area contributed by atoms with Crippen molar-refractivity contribution in [3.05, 3.63) is 29.3 Å². The maximum Gasteiger partial charge on any atom is 0.306 e. The zero-order valence-electron chi connectivity index (χ0n) is 9.99. The fraction of sp³-hybridized carbons (Fsp3) is 0.462. The lowest BCUT2D eigenvalue weighted by Crippen LogP contribution is -2.13. The van der Waals surface area contributed by atoms with Gasteiger partial charge in [0.25, 0.3) is 0 Å². The molecule has 3 nitrogen and oxygen atoms in total. The van der Waals surface area contributed by atoms with Crippen molar-refractivity contribution < 1.29 is 14.6 Å². The number of benzene rings is 1. The van der Waals surface area contributed by atoms with Crippen molar-refractivity contribution >= 4 is 5.97 Å². The zero-order valence-corrected chi connectivity index (χ0v) is 9.99. The monoisotopic (exact) mass is 222 g/mol. The summed E-state index contributed by atoms with van der Waals surface area (Å²) in [7, 11) is 0. The zero-order chi connectivity index (χ0) is 12.1. The highest BCUT2D eigenvalue weighted by atomic mass is 16.5. The van der Waals surface area contributed by atoms with E-state index in [4.69, 9.17) is 9.84 Å². The van der Waals surface area contributed by atoms with Crippen LogP contribution in [0.1, 0.15) is 24.5 Å². The Balaban J connectivity index is 2.43. The Labute approximate surface area is 96.1 Å². The number of carboxylic acids is 1. The molecule has 1 atom stereocenters. The van der Waals surface area contributed by atoms with Crippen molar-refractivity contribution in [2.75, 3.05) is 6.61 Å². The number of aliphatic carboxylic acids is 1. The Morgan fingerprint density at radius 3 is 2.62 bits per heavy atom. The SMILES string of the molecule is Cc1ccc(OCCC(C)C(=O)O)cc1C. The predicted molar refractivity (Wildman–Crippen MR) is 62.8 cm³/mol.